The highest BCUT2D eigenvalue weighted by atomic mass is 16.5. The van der Waals surface area contributed by atoms with Gasteiger partial charge in [0.15, 0.2) is 0 Å². The first-order valence-corrected chi connectivity index (χ1v) is 4.91. The van der Waals surface area contributed by atoms with E-state index in [2.05, 4.69) is 4.90 Å². The molecule has 82 valence electrons. The molecule has 0 radical (unpaired) electrons. The van der Waals surface area contributed by atoms with Crippen molar-refractivity contribution in [2.24, 2.45) is 5.73 Å². The van der Waals surface area contributed by atoms with Crippen molar-refractivity contribution in [3.05, 3.63) is 29.8 Å². The molecule has 3 nitrogen and oxygen atoms in total. The molecule has 0 heterocycles. The minimum atomic E-state index is 0.546. The molecule has 0 fully saturated rings. The van der Waals surface area contributed by atoms with Gasteiger partial charge in [-0.05, 0) is 18.2 Å². The Kier molecular flexibility index (Phi) is 4.18. The van der Waals surface area contributed by atoms with Crippen molar-refractivity contribution in [1.82, 2.24) is 0 Å². The van der Waals surface area contributed by atoms with Gasteiger partial charge in [0.2, 0.25) is 0 Å². The van der Waals surface area contributed by atoms with Crippen LogP contribution < -0.4 is 15.4 Å². The number of ether oxygens (including phenoxy) is 1. The Bertz CT molecular complexity index is 345. The third-order valence-electron chi connectivity index (χ3n) is 2.15. The molecule has 0 unspecified atom stereocenters. The maximum absolute atomic E-state index is 5.44. The molecular weight excluding hydrogens is 188 g/mol. The molecule has 15 heavy (non-hydrogen) atoms. The molecule has 0 aliphatic carbocycles. The zero-order chi connectivity index (χ0) is 11.3. The molecule has 0 atom stereocenters. The van der Waals surface area contributed by atoms with Gasteiger partial charge in [0.1, 0.15) is 5.75 Å². The molecule has 1 aromatic rings. The molecule has 1 aromatic carbocycles. The number of benzene rings is 1. The standard InChI is InChI=1S/C12H18N2O/c1-14(2)12-7-6-11(15-3)9-10(12)5-4-8-13/h4-7,9H,8,13H2,1-3H3/b5-4+. The van der Waals surface area contributed by atoms with E-state index >= 15 is 0 Å². The fourth-order valence-electron chi connectivity index (χ4n) is 1.40. The number of methoxy groups -OCH3 is 1. The molecule has 1 rings (SSSR count). The first-order chi connectivity index (χ1) is 7.19. The first kappa shape index (κ1) is 11.6. The second kappa shape index (κ2) is 5.41. The SMILES string of the molecule is COc1ccc(N(C)C)c(/C=C/CN)c1. The maximum atomic E-state index is 5.44. The van der Waals surface area contributed by atoms with Crippen LogP contribution >= 0.6 is 0 Å². The monoisotopic (exact) mass is 206 g/mol. The van der Waals surface area contributed by atoms with Crippen molar-refractivity contribution < 1.29 is 4.74 Å². The third-order valence-corrected chi connectivity index (χ3v) is 2.15. The Morgan fingerprint density at radius 3 is 2.67 bits per heavy atom. The van der Waals surface area contributed by atoms with Crippen LogP contribution in [0.1, 0.15) is 5.56 Å². The largest absolute Gasteiger partial charge is 0.497 e. The van der Waals surface area contributed by atoms with E-state index in [0.29, 0.717) is 6.54 Å². The van der Waals surface area contributed by atoms with Gasteiger partial charge in [0.05, 0.1) is 7.11 Å². The Morgan fingerprint density at radius 1 is 1.40 bits per heavy atom. The van der Waals surface area contributed by atoms with Crippen LogP contribution in [0.15, 0.2) is 24.3 Å². The molecule has 0 aliphatic heterocycles. The van der Waals surface area contributed by atoms with Crippen LogP contribution in [0.5, 0.6) is 5.75 Å². The summed E-state index contributed by atoms with van der Waals surface area (Å²) in [5.41, 5.74) is 7.71. The Balaban J connectivity index is 3.10. The van der Waals surface area contributed by atoms with Gasteiger partial charge in [0.25, 0.3) is 0 Å². The molecule has 3 heteroatoms. The summed E-state index contributed by atoms with van der Waals surface area (Å²) in [6, 6.07) is 5.99. The summed E-state index contributed by atoms with van der Waals surface area (Å²) in [4.78, 5) is 2.07. The van der Waals surface area contributed by atoms with Gasteiger partial charge in [-0.3, -0.25) is 0 Å². The first-order valence-electron chi connectivity index (χ1n) is 4.91. The van der Waals surface area contributed by atoms with E-state index in [4.69, 9.17) is 10.5 Å². The van der Waals surface area contributed by atoms with Gasteiger partial charge in [-0.1, -0.05) is 12.2 Å². The number of nitrogens with zero attached hydrogens (tertiary/aromatic N) is 1. The quantitative estimate of drug-likeness (QED) is 0.815. The summed E-state index contributed by atoms with van der Waals surface area (Å²) in [5, 5.41) is 0. The summed E-state index contributed by atoms with van der Waals surface area (Å²) in [6.07, 6.45) is 3.94. The highest BCUT2D eigenvalue weighted by Gasteiger charge is 2.03. The van der Waals surface area contributed by atoms with Crippen molar-refractivity contribution in [1.29, 1.82) is 0 Å². The van der Waals surface area contributed by atoms with Crippen LogP contribution in [0, 0.1) is 0 Å². The van der Waals surface area contributed by atoms with Crippen LogP contribution in [0.4, 0.5) is 5.69 Å². The zero-order valence-corrected chi connectivity index (χ0v) is 9.53. The second-order valence-electron chi connectivity index (χ2n) is 3.46. The molecule has 0 bridgehead atoms. The highest BCUT2D eigenvalue weighted by molar-refractivity contribution is 5.69. The summed E-state index contributed by atoms with van der Waals surface area (Å²) in [6.45, 7) is 0.546. The lowest BCUT2D eigenvalue weighted by molar-refractivity contribution is 0.414. The van der Waals surface area contributed by atoms with Gasteiger partial charge >= 0.3 is 0 Å². The lowest BCUT2D eigenvalue weighted by atomic mass is 10.1. The van der Waals surface area contributed by atoms with Crippen LogP contribution in [0.2, 0.25) is 0 Å². The molecular formula is C12H18N2O. The van der Waals surface area contributed by atoms with Crippen LogP contribution in [0.3, 0.4) is 0 Å². The lowest BCUT2D eigenvalue weighted by Gasteiger charge is -2.16. The lowest BCUT2D eigenvalue weighted by Crippen LogP contribution is -2.10. The summed E-state index contributed by atoms with van der Waals surface area (Å²) < 4.78 is 5.19. The van der Waals surface area contributed by atoms with Gasteiger partial charge in [0, 0.05) is 31.9 Å². The van der Waals surface area contributed by atoms with Crippen LogP contribution in [-0.4, -0.2) is 27.7 Å². The molecule has 0 saturated heterocycles. The molecule has 0 amide bonds. The molecule has 0 saturated carbocycles. The average molecular weight is 206 g/mol. The molecule has 2 N–H and O–H groups in total. The number of hydrogen-bond acceptors (Lipinski definition) is 3. The fraction of sp³-hybridized carbons (Fsp3) is 0.333. The van der Waals surface area contributed by atoms with E-state index in [1.807, 2.05) is 44.4 Å². The number of anilines is 1. The minimum Gasteiger partial charge on any atom is -0.497 e. The van der Waals surface area contributed by atoms with Crippen molar-refractivity contribution >= 4 is 11.8 Å². The van der Waals surface area contributed by atoms with Crippen LogP contribution in [-0.2, 0) is 0 Å². The topological polar surface area (TPSA) is 38.5 Å². The van der Waals surface area contributed by atoms with E-state index in [0.717, 1.165) is 17.0 Å². The Morgan fingerprint density at radius 2 is 2.13 bits per heavy atom. The number of hydrogen-bond donors (Lipinski definition) is 1. The molecule has 0 spiro atoms. The van der Waals surface area contributed by atoms with Crippen molar-refractivity contribution in [3.8, 4) is 5.75 Å². The van der Waals surface area contributed by atoms with E-state index < -0.39 is 0 Å². The summed E-state index contributed by atoms with van der Waals surface area (Å²) in [7, 11) is 5.70. The highest BCUT2D eigenvalue weighted by Crippen LogP contribution is 2.25. The zero-order valence-electron chi connectivity index (χ0n) is 9.53. The average Bonchev–Trinajstić information content (AvgIpc) is 2.25. The predicted molar refractivity (Wildman–Crippen MR) is 65.4 cm³/mol. The molecule has 0 aliphatic rings. The smallest absolute Gasteiger partial charge is 0.119 e. The van der Waals surface area contributed by atoms with Crippen molar-refractivity contribution in [2.45, 2.75) is 0 Å². The Labute approximate surface area is 91.1 Å². The van der Waals surface area contributed by atoms with Gasteiger partial charge in [-0.25, -0.2) is 0 Å². The third kappa shape index (κ3) is 2.99. The minimum absolute atomic E-state index is 0.546. The fourth-order valence-corrected chi connectivity index (χ4v) is 1.40. The Hall–Kier alpha value is -1.48. The molecule has 0 aromatic heterocycles. The van der Waals surface area contributed by atoms with Crippen molar-refractivity contribution in [3.63, 3.8) is 0 Å². The van der Waals surface area contributed by atoms with Gasteiger partial charge in [-0.2, -0.15) is 0 Å². The number of nitrogens with two attached hydrogens (primary N) is 1. The summed E-state index contributed by atoms with van der Waals surface area (Å²) in [5.74, 6) is 0.859. The maximum Gasteiger partial charge on any atom is 0.119 e. The van der Waals surface area contributed by atoms with E-state index in [-0.39, 0.29) is 0 Å². The predicted octanol–water partition coefficient (Wildman–Crippen LogP) is 1.73. The van der Waals surface area contributed by atoms with Gasteiger partial charge < -0.3 is 15.4 Å². The van der Waals surface area contributed by atoms with Crippen LogP contribution in [0.25, 0.3) is 6.08 Å². The summed E-state index contributed by atoms with van der Waals surface area (Å²) >= 11 is 0. The van der Waals surface area contributed by atoms with Gasteiger partial charge in [-0.15, -0.1) is 0 Å². The van der Waals surface area contributed by atoms with Crippen molar-refractivity contribution in [2.75, 3.05) is 32.6 Å². The van der Waals surface area contributed by atoms with E-state index in [1.54, 1.807) is 7.11 Å². The normalized spacial score (nSPS) is 10.7. The second-order valence-corrected chi connectivity index (χ2v) is 3.46. The number of rotatable bonds is 4. The van der Waals surface area contributed by atoms with E-state index in [1.165, 1.54) is 0 Å². The van der Waals surface area contributed by atoms with E-state index in [9.17, 15) is 0 Å².